The molecule has 0 aromatic rings. The molecule has 3 aliphatic carbocycles. The summed E-state index contributed by atoms with van der Waals surface area (Å²) in [6.45, 7) is 5.45. The third-order valence-electron chi connectivity index (χ3n) is 6.36. The number of piperazine rings is 1. The molecule has 1 saturated heterocycles. The van der Waals surface area contributed by atoms with E-state index >= 15 is 0 Å². The Balaban J connectivity index is 1.32. The minimum absolute atomic E-state index is 0.951. The van der Waals surface area contributed by atoms with Gasteiger partial charge in [0.1, 0.15) is 0 Å². The van der Waals surface area contributed by atoms with Gasteiger partial charge in [0.2, 0.25) is 0 Å². The lowest BCUT2D eigenvalue weighted by Gasteiger charge is -2.43. The molecule has 3 atom stereocenters. The molecule has 0 aromatic heterocycles. The first-order valence-corrected chi connectivity index (χ1v) is 8.38. The molecule has 2 bridgehead atoms. The summed E-state index contributed by atoms with van der Waals surface area (Å²) in [6, 6.07) is 1.93. The van der Waals surface area contributed by atoms with Crippen molar-refractivity contribution in [3.63, 3.8) is 0 Å². The van der Waals surface area contributed by atoms with Gasteiger partial charge < -0.3 is 0 Å². The van der Waals surface area contributed by atoms with E-state index in [9.17, 15) is 0 Å². The second-order valence-electron chi connectivity index (χ2n) is 7.25. The van der Waals surface area contributed by atoms with E-state index in [0.29, 0.717) is 0 Å². The minimum atomic E-state index is 0.951. The van der Waals surface area contributed by atoms with Crippen molar-refractivity contribution in [2.75, 3.05) is 26.2 Å². The predicted octanol–water partition coefficient (Wildman–Crippen LogP) is 2.74. The van der Waals surface area contributed by atoms with Crippen LogP contribution in [-0.2, 0) is 0 Å². The average Bonchev–Trinajstić information content (AvgIpc) is 3.16. The topological polar surface area (TPSA) is 6.48 Å². The molecule has 1 aliphatic heterocycles. The van der Waals surface area contributed by atoms with Crippen LogP contribution in [0.15, 0.2) is 0 Å². The molecule has 0 radical (unpaired) electrons. The quantitative estimate of drug-likeness (QED) is 0.741. The molecule has 1 heterocycles. The summed E-state index contributed by atoms with van der Waals surface area (Å²) < 4.78 is 0. The summed E-state index contributed by atoms with van der Waals surface area (Å²) in [5.41, 5.74) is 0. The van der Waals surface area contributed by atoms with E-state index < -0.39 is 0 Å². The molecule has 2 nitrogen and oxygen atoms in total. The van der Waals surface area contributed by atoms with Crippen molar-refractivity contribution < 1.29 is 0 Å². The summed E-state index contributed by atoms with van der Waals surface area (Å²) >= 11 is 0. The van der Waals surface area contributed by atoms with E-state index in [1.807, 2.05) is 0 Å². The highest BCUT2D eigenvalue weighted by Gasteiger charge is 2.43. The molecule has 18 heavy (non-hydrogen) atoms. The standard InChI is InChI=1S/C16H28N2/c1-2-4-15(3-1)17-7-9-18(10-8-17)16-12-13-5-6-14(16)11-13/h13-16H,1-12H2/t13-,14-,16-/m0/s1. The molecular weight excluding hydrogens is 220 g/mol. The Kier molecular flexibility index (Phi) is 3.12. The maximum Gasteiger partial charge on any atom is 0.0127 e. The fraction of sp³-hybridized carbons (Fsp3) is 1.00. The molecule has 0 amide bonds. The van der Waals surface area contributed by atoms with Crippen LogP contribution in [0.5, 0.6) is 0 Å². The molecule has 0 N–H and O–H groups in total. The second-order valence-corrected chi connectivity index (χ2v) is 7.25. The Hall–Kier alpha value is -0.0800. The summed E-state index contributed by atoms with van der Waals surface area (Å²) in [5.74, 6) is 2.18. The first-order chi connectivity index (χ1) is 8.90. The van der Waals surface area contributed by atoms with Crippen LogP contribution in [0.4, 0.5) is 0 Å². The maximum atomic E-state index is 2.86. The van der Waals surface area contributed by atoms with Gasteiger partial charge in [-0.3, -0.25) is 9.80 Å². The van der Waals surface area contributed by atoms with Gasteiger partial charge in [-0.1, -0.05) is 19.3 Å². The highest BCUT2D eigenvalue weighted by atomic mass is 15.3. The molecule has 102 valence electrons. The lowest BCUT2D eigenvalue weighted by Crippen LogP contribution is -2.53. The fourth-order valence-electron chi connectivity index (χ4n) is 5.36. The van der Waals surface area contributed by atoms with E-state index in [4.69, 9.17) is 0 Å². The van der Waals surface area contributed by atoms with Crippen LogP contribution in [0.3, 0.4) is 0 Å². The molecule has 0 spiro atoms. The van der Waals surface area contributed by atoms with Gasteiger partial charge in [0.25, 0.3) is 0 Å². The third kappa shape index (κ3) is 2.02. The minimum Gasteiger partial charge on any atom is -0.298 e. The van der Waals surface area contributed by atoms with Gasteiger partial charge in [0, 0.05) is 38.3 Å². The molecule has 4 aliphatic rings. The van der Waals surface area contributed by atoms with Crippen LogP contribution >= 0.6 is 0 Å². The van der Waals surface area contributed by atoms with E-state index in [1.165, 1.54) is 64.7 Å². The molecule has 0 aromatic carbocycles. The van der Waals surface area contributed by atoms with Crippen LogP contribution in [0.1, 0.15) is 51.4 Å². The monoisotopic (exact) mass is 248 g/mol. The highest BCUT2D eigenvalue weighted by Crippen LogP contribution is 2.46. The van der Waals surface area contributed by atoms with Crippen molar-refractivity contribution in [1.29, 1.82) is 0 Å². The molecule has 2 heteroatoms. The van der Waals surface area contributed by atoms with Crippen molar-refractivity contribution in [3.8, 4) is 0 Å². The van der Waals surface area contributed by atoms with Gasteiger partial charge in [-0.15, -0.1) is 0 Å². The zero-order chi connectivity index (χ0) is 11.9. The lowest BCUT2D eigenvalue weighted by molar-refractivity contribution is 0.0517. The van der Waals surface area contributed by atoms with E-state index in [2.05, 4.69) is 9.80 Å². The largest absolute Gasteiger partial charge is 0.298 e. The summed E-state index contributed by atoms with van der Waals surface area (Å²) in [7, 11) is 0. The fourth-order valence-corrected chi connectivity index (χ4v) is 5.36. The predicted molar refractivity (Wildman–Crippen MR) is 74.6 cm³/mol. The van der Waals surface area contributed by atoms with E-state index in [-0.39, 0.29) is 0 Å². The van der Waals surface area contributed by atoms with Crippen molar-refractivity contribution in [2.24, 2.45) is 11.8 Å². The van der Waals surface area contributed by atoms with Crippen LogP contribution in [0.2, 0.25) is 0 Å². The van der Waals surface area contributed by atoms with Crippen LogP contribution in [0.25, 0.3) is 0 Å². The number of rotatable bonds is 2. The van der Waals surface area contributed by atoms with Crippen LogP contribution in [0, 0.1) is 11.8 Å². The van der Waals surface area contributed by atoms with Gasteiger partial charge in [-0.05, 0) is 43.9 Å². The third-order valence-corrected chi connectivity index (χ3v) is 6.36. The number of hydrogen-bond donors (Lipinski definition) is 0. The van der Waals surface area contributed by atoms with E-state index in [0.717, 1.165) is 23.9 Å². The Morgan fingerprint density at radius 3 is 2.00 bits per heavy atom. The second kappa shape index (κ2) is 4.79. The maximum absolute atomic E-state index is 2.86. The SMILES string of the molecule is C1CCC(N2CCN([C@H]3C[C@H]4CC[C@H]3C4)CC2)C1. The van der Waals surface area contributed by atoms with Crippen molar-refractivity contribution in [3.05, 3.63) is 0 Å². The molecule has 4 rings (SSSR count). The Labute approximate surface area is 112 Å². The highest BCUT2D eigenvalue weighted by molar-refractivity contribution is 4.97. The van der Waals surface area contributed by atoms with Gasteiger partial charge in [0.05, 0.1) is 0 Å². The van der Waals surface area contributed by atoms with Crippen molar-refractivity contribution in [2.45, 2.75) is 63.5 Å². The first kappa shape index (κ1) is 11.7. The Bertz CT molecular complexity index is 289. The van der Waals surface area contributed by atoms with Crippen molar-refractivity contribution in [1.82, 2.24) is 9.80 Å². The van der Waals surface area contributed by atoms with Gasteiger partial charge in [-0.25, -0.2) is 0 Å². The van der Waals surface area contributed by atoms with Crippen LogP contribution < -0.4 is 0 Å². The smallest absolute Gasteiger partial charge is 0.0127 e. The number of nitrogens with zero attached hydrogens (tertiary/aromatic N) is 2. The Morgan fingerprint density at radius 1 is 0.667 bits per heavy atom. The molecular formula is C16H28N2. The van der Waals surface area contributed by atoms with E-state index in [1.54, 1.807) is 12.8 Å². The summed E-state index contributed by atoms with van der Waals surface area (Å²) in [5, 5.41) is 0. The number of fused-ring (bicyclic) bond motifs is 2. The Morgan fingerprint density at radius 2 is 1.39 bits per heavy atom. The van der Waals surface area contributed by atoms with Gasteiger partial charge in [0.15, 0.2) is 0 Å². The molecule has 4 fully saturated rings. The summed E-state index contributed by atoms with van der Waals surface area (Å²) in [6.07, 6.45) is 12.1. The zero-order valence-electron chi connectivity index (χ0n) is 11.7. The zero-order valence-corrected chi connectivity index (χ0v) is 11.7. The summed E-state index contributed by atoms with van der Waals surface area (Å²) in [4.78, 5) is 5.66. The number of hydrogen-bond acceptors (Lipinski definition) is 2. The van der Waals surface area contributed by atoms with Crippen molar-refractivity contribution >= 4 is 0 Å². The first-order valence-electron chi connectivity index (χ1n) is 8.38. The van der Waals surface area contributed by atoms with Gasteiger partial charge in [-0.2, -0.15) is 0 Å². The average molecular weight is 248 g/mol. The van der Waals surface area contributed by atoms with Crippen LogP contribution in [-0.4, -0.2) is 48.1 Å². The van der Waals surface area contributed by atoms with Gasteiger partial charge >= 0.3 is 0 Å². The lowest BCUT2D eigenvalue weighted by atomic mass is 9.93. The molecule has 0 unspecified atom stereocenters. The normalized spacial score (nSPS) is 43.0. The molecule has 3 saturated carbocycles.